The summed E-state index contributed by atoms with van der Waals surface area (Å²) in [6.45, 7) is 4.07. The molecule has 2 fully saturated rings. The van der Waals surface area contributed by atoms with Crippen LogP contribution in [0.3, 0.4) is 0 Å². The average Bonchev–Trinajstić information content (AvgIpc) is 3.03. The van der Waals surface area contributed by atoms with Gasteiger partial charge in [-0.2, -0.15) is 15.8 Å². The van der Waals surface area contributed by atoms with E-state index in [1.807, 2.05) is 37.3 Å². The van der Waals surface area contributed by atoms with Gasteiger partial charge < -0.3 is 9.47 Å². The Morgan fingerprint density at radius 1 is 0.906 bits per heavy atom. The molecule has 1 aromatic rings. The largest absolute Gasteiger partial charge is 0.443 e. The first-order chi connectivity index (χ1) is 15.5. The summed E-state index contributed by atoms with van der Waals surface area (Å²) < 4.78 is 12.6. The topological polar surface area (TPSA) is 114 Å². The summed E-state index contributed by atoms with van der Waals surface area (Å²) in [4.78, 5) is 0. The zero-order valence-electron chi connectivity index (χ0n) is 19.1. The average molecular weight is 433 g/mol. The Morgan fingerprint density at radius 2 is 1.53 bits per heavy atom. The highest BCUT2D eigenvalue weighted by atomic mass is 16.7. The van der Waals surface area contributed by atoms with E-state index >= 15 is 0 Å². The Hall–Kier alpha value is -2.88. The number of nitrogens with one attached hydrogen (secondary N) is 1. The lowest BCUT2D eigenvalue weighted by atomic mass is 9.52. The van der Waals surface area contributed by atoms with Crippen molar-refractivity contribution < 1.29 is 9.47 Å². The zero-order chi connectivity index (χ0) is 23.2. The van der Waals surface area contributed by atoms with Gasteiger partial charge in [-0.3, -0.25) is 5.41 Å². The van der Waals surface area contributed by atoms with E-state index in [0.29, 0.717) is 18.4 Å². The van der Waals surface area contributed by atoms with Crippen molar-refractivity contribution in [1.82, 2.24) is 0 Å². The quantitative estimate of drug-likeness (QED) is 0.458. The number of nitriles is 3. The maximum absolute atomic E-state index is 10.4. The molecule has 0 radical (unpaired) electrons. The van der Waals surface area contributed by atoms with Gasteiger partial charge in [-0.05, 0) is 12.8 Å². The molecule has 0 saturated carbocycles. The molecule has 0 aliphatic carbocycles. The highest BCUT2D eigenvalue weighted by Gasteiger charge is 2.79. The van der Waals surface area contributed by atoms with E-state index in [1.165, 1.54) is 25.7 Å². The number of fused-ring (bicyclic) bond motifs is 2. The van der Waals surface area contributed by atoms with E-state index in [0.717, 1.165) is 19.3 Å². The van der Waals surface area contributed by atoms with Gasteiger partial charge in [0, 0.05) is 5.56 Å². The van der Waals surface area contributed by atoms with E-state index in [4.69, 9.17) is 14.9 Å². The van der Waals surface area contributed by atoms with Gasteiger partial charge in [-0.1, -0.05) is 89.1 Å². The number of benzene rings is 1. The molecule has 3 rings (SSSR count). The minimum atomic E-state index is -1.80. The Bertz CT molecular complexity index is 927. The van der Waals surface area contributed by atoms with Gasteiger partial charge in [0.05, 0.1) is 30.2 Å². The normalized spacial score (nSPS) is 30.0. The number of ether oxygens (including phenoxy) is 2. The minimum absolute atomic E-state index is 0.333. The second kappa shape index (κ2) is 9.72. The molecular formula is C26H32N4O2. The van der Waals surface area contributed by atoms with Crippen LogP contribution < -0.4 is 0 Å². The molecule has 2 aliphatic heterocycles. The van der Waals surface area contributed by atoms with Gasteiger partial charge in [0.15, 0.2) is 10.8 Å². The molecule has 2 heterocycles. The molecule has 2 aliphatic rings. The summed E-state index contributed by atoms with van der Waals surface area (Å²) in [6.07, 6.45) is 7.76. The van der Waals surface area contributed by atoms with Crippen LogP contribution in [0, 0.1) is 56.2 Å². The standard InChI is InChI=1S/C26H32N4O2/c1-3-5-6-7-8-9-13-16-22-24(17-27,18-28)25(19-29)21(4-2)26(31-22,32-23(25)30)20-14-11-10-12-15-20/h10-12,14-15,21-22,30H,3-9,13,16H2,1-2H3. The molecule has 2 saturated heterocycles. The highest BCUT2D eigenvalue weighted by Crippen LogP contribution is 2.67. The fraction of sp³-hybridized carbons (Fsp3) is 0.615. The zero-order valence-corrected chi connectivity index (χ0v) is 19.1. The molecular weight excluding hydrogens is 400 g/mol. The van der Waals surface area contributed by atoms with Gasteiger partial charge in [0.25, 0.3) is 0 Å². The Balaban J connectivity index is 1.98. The summed E-state index contributed by atoms with van der Waals surface area (Å²) in [5, 5.41) is 39.6. The second-order valence-corrected chi connectivity index (χ2v) is 8.89. The van der Waals surface area contributed by atoms with Crippen molar-refractivity contribution in [2.24, 2.45) is 16.7 Å². The smallest absolute Gasteiger partial charge is 0.244 e. The van der Waals surface area contributed by atoms with Crippen LogP contribution in [0.1, 0.15) is 77.2 Å². The van der Waals surface area contributed by atoms with Crippen LogP contribution in [-0.2, 0) is 15.3 Å². The van der Waals surface area contributed by atoms with Crippen molar-refractivity contribution >= 4 is 5.90 Å². The van der Waals surface area contributed by atoms with E-state index in [9.17, 15) is 15.8 Å². The fourth-order valence-corrected chi connectivity index (χ4v) is 5.56. The van der Waals surface area contributed by atoms with Crippen molar-refractivity contribution in [2.45, 2.75) is 83.5 Å². The van der Waals surface area contributed by atoms with E-state index < -0.39 is 28.6 Å². The lowest BCUT2D eigenvalue weighted by Crippen LogP contribution is -2.61. The Labute approximate surface area is 191 Å². The number of hydrogen-bond donors (Lipinski definition) is 1. The van der Waals surface area contributed by atoms with Crippen molar-refractivity contribution in [3.63, 3.8) is 0 Å². The van der Waals surface area contributed by atoms with E-state index in [2.05, 4.69) is 25.1 Å². The van der Waals surface area contributed by atoms with Crippen LogP contribution in [0.25, 0.3) is 0 Å². The van der Waals surface area contributed by atoms with Crippen LogP contribution in [-0.4, -0.2) is 12.0 Å². The molecule has 6 nitrogen and oxygen atoms in total. The highest BCUT2D eigenvalue weighted by molar-refractivity contribution is 5.89. The first kappa shape index (κ1) is 23.8. The molecule has 6 heteroatoms. The fourth-order valence-electron chi connectivity index (χ4n) is 5.56. The van der Waals surface area contributed by atoms with E-state index in [1.54, 1.807) is 0 Å². The molecule has 32 heavy (non-hydrogen) atoms. The Morgan fingerprint density at radius 3 is 2.09 bits per heavy atom. The lowest BCUT2D eigenvalue weighted by Gasteiger charge is -2.49. The van der Waals surface area contributed by atoms with Crippen molar-refractivity contribution in [1.29, 1.82) is 21.2 Å². The maximum atomic E-state index is 10.4. The van der Waals surface area contributed by atoms with Crippen LogP contribution in [0.4, 0.5) is 0 Å². The van der Waals surface area contributed by atoms with Crippen molar-refractivity contribution in [3.8, 4) is 18.2 Å². The monoisotopic (exact) mass is 432 g/mol. The second-order valence-electron chi connectivity index (χ2n) is 8.89. The molecule has 2 bridgehead atoms. The molecule has 1 N–H and O–H groups in total. The van der Waals surface area contributed by atoms with Gasteiger partial charge in [0.1, 0.15) is 0 Å². The van der Waals surface area contributed by atoms with Gasteiger partial charge in [0.2, 0.25) is 11.7 Å². The number of rotatable bonds is 10. The molecule has 168 valence electrons. The van der Waals surface area contributed by atoms with Crippen molar-refractivity contribution in [3.05, 3.63) is 35.9 Å². The number of hydrogen-bond acceptors (Lipinski definition) is 6. The molecule has 0 amide bonds. The molecule has 0 spiro atoms. The first-order valence-corrected chi connectivity index (χ1v) is 11.8. The number of nitrogens with zero attached hydrogens (tertiary/aromatic N) is 3. The van der Waals surface area contributed by atoms with Crippen LogP contribution in [0.2, 0.25) is 0 Å². The summed E-state index contributed by atoms with van der Waals surface area (Å²) in [6, 6.07) is 15.8. The summed E-state index contributed by atoms with van der Waals surface area (Å²) in [7, 11) is 0. The van der Waals surface area contributed by atoms with Gasteiger partial charge >= 0.3 is 0 Å². The third-order valence-electron chi connectivity index (χ3n) is 7.20. The van der Waals surface area contributed by atoms with Crippen LogP contribution >= 0.6 is 0 Å². The molecule has 0 aromatic heterocycles. The third-order valence-corrected chi connectivity index (χ3v) is 7.20. The molecule has 4 unspecified atom stereocenters. The summed E-state index contributed by atoms with van der Waals surface area (Å²) >= 11 is 0. The maximum Gasteiger partial charge on any atom is 0.244 e. The van der Waals surface area contributed by atoms with Crippen LogP contribution in [0.15, 0.2) is 30.3 Å². The SMILES string of the molecule is CCCCCCCCCC1OC2(c3ccccc3)OC(=N)C(C#N)(C2CC)C1(C#N)C#N. The lowest BCUT2D eigenvalue weighted by molar-refractivity contribution is -0.290. The first-order valence-electron chi connectivity index (χ1n) is 11.8. The Kier molecular flexibility index (Phi) is 7.22. The molecule has 4 atom stereocenters. The van der Waals surface area contributed by atoms with Crippen LogP contribution in [0.5, 0.6) is 0 Å². The van der Waals surface area contributed by atoms with Crippen molar-refractivity contribution in [2.75, 3.05) is 0 Å². The molecule has 1 aromatic carbocycles. The third kappa shape index (κ3) is 3.37. The predicted molar refractivity (Wildman–Crippen MR) is 120 cm³/mol. The minimum Gasteiger partial charge on any atom is -0.443 e. The summed E-state index contributed by atoms with van der Waals surface area (Å²) in [5.41, 5.74) is -2.76. The predicted octanol–water partition coefficient (Wildman–Crippen LogP) is 5.96. The van der Waals surface area contributed by atoms with Gasteiger partial charge in [-0.25, -0.2) is 0 Å². The van der Waals surface area contributed by atoms with E-state index in [-0.39, 0.29) is 5.90 Å². The number of unbranched alkanes of at least 4 members (excludes halogenated alkanes) is 6. The van der Waals surface area contributed by atoms with Gasteiger partial charge in [-0.15, -0.1) is 0 Å². The summed E-state index contributed by atoms with van der Waals surface area (Å²) in [5.74, 6) is -2.31.